The van der Waals surface area contributed by atoms with Crippen LogP contribution in [-0.2, 0) is 16.2 Å². The van der Waals surface area contributed by atoms with E-state index < -0.39 is 0 Å². The van der Waals surface area contributed by atoms with E-state index in [0.29, 0.717) is 0 Å². The summed E-state index contributed by atoms with van der Waals surface area (Å²) in [5.74, 6) is 0. The molecule has 0 aliphatic carbocycles. The molecular formula is C48H48ClNS. The largest absolute Gasteiger partial charge is 0.309 e. The van der Waals surface area contributed by atoms with Crippen molar-refractivity contribution in [3.63, 3.8) is 0 Å². The van der Waals surface area contributed by atoms with Gasteiger partial charge in [-0.2, -0.15) is 0 Å². The highest BCUT2D eigenvalue weighted by atomic mass is 35.5. The molecule has 0 aliphatic rings. The monoisotopic (exact) mass is 705 g/mol. The van der Waals surface area contributed by atoms with E-state index in [1.807, 2.05) is 11.3 Å². The predicted octanol–water partition coefficient (Wildman–Crippen LogP) is 15.4. The molecule has 0 atom stereocenters. The molecule has 0 amide bonds. The maximum absolute atomic E-state index is 7.69. The summed E-state index contributed by atoms with van der Waals surface area (Å²) >= 11 is 9.54. The molecule has 1 aromatic heterocycles. The molecule has 0 N–H and O–H groups in total. The second kappa shape index (κ2) is 13.0. The highest BCUT2D eigenvalue weighted by Gasteiger charge is 2.24. The Kier molecular flexibility index (Phi) is 8.93. The zero-order valence-corrected chi connectivity index (χ0v) is 32.9. The van der Waals surface area contributed by atoms with Crippen molar-refractivity contribution in [2.24, 2.45) is 0 Å². The van der Waals surface area contributed by atoms with Crippen LogP contribution in [0, 0.1) is 0 Å². The predicted molar refractivity (Wildman–Crippen MR) is 226 cm³/mol. The van der Waals surface area contributed by atoms with E-state index in [-0.39, 0.29) is 16.2 Å². The van der Waals surface area contributed by atoms with E-state index in [4.69, 9.17) is 11.6 Å². The van der Waals surface area contributed by atoms with E-state index in [0.717, 1.165) is 38.8 Å². The van der Waals surface area contributed by atoms with Gasteiger partial charge in [0, 0.05) is 37.1 Å². The van der Waals surface area contributed by atoms with Gasteiger partial charge in [0.2, 0.25) is 0 Å². The molecule has 51 heavy (non-hydrogen) atoms. The van der Waals surface area contributed by atoms with Gasteiger partial charge in [-0.25, -0.2) is 0 Å². The molecule has 3 heteroatoms. The van der Waals surface area contributed by atoms with Gasteiger partial charge in [-0.1, -0.05) is 153 Å². The second-order valence-corrected chi connectivity index (χ2v) is 18.4. The topological polar surface area (TPSA) is 3.24 Å². The van der Waals surface area contributed by atoms with Crippen LogP contribution >= 0.6 is 22.9 Å². The Morgan fingerprint density at radius 3 is 1.49 bits per heavy atom. The molecular weight excluding hydrogens is 658 g/mol. The summed E-state index contributed by atoms with van der Waals surface area (Å²) in [7, 11) is 0. The van der Waals surface area contributed by atoms with Crippen LogP contribution in [0.1, 0.15) is 79.0 Å². The van der Waals surface area contributed by atoms with E-state index >= 15 is 0 Å². The van der Waals surface area contributed by atoms with Crippen molar-refractivity contribution in [2.45, 2.75) is 78.6 Å². The summed E-state index contributed by atoms with van der Waals surface area (Å²) in [5, 5.41) is 3.30. The Morgan fingerprint density at radius 2 is 0.961 bits per heavy atom. The maximum atomic E-state index is 7.69. The summed E-state index contributed by atoms with van der Waals surface area (Å²) in [5.41, 5.74) is 11.6. The van der Waals surface area contributed by atoms with Gasteiger partial charge in [0.15, 0.2) is 0 Å². The molecule has 0 fully saturated rings. The van der Waals surface area contributed by atoms with Crippen LogP contribution in [0.15, 0.2) is 127 Å². The number of fused-ring (bicyclic) bond motifs is 3. The van der Waals surface area contributed by atoms with Gasteiger partial charge < -0.3 is 4.90 Å². The lowest BCUT2D eigenvalue weighted by molar-refractivity contribution is 0.590. The number of halogens is 1. The number of thiophene rings is 1. The third-order valence-electron chi connectivity index (χ3n) is 10.1. The lowest BCUT2D eigenvalue weighted by atomic mass is 9.86. The molecule has 0 saturated heterocycles. The number of anilines is 3. The molecule has 0 unspecified atom stereocenters. The first-order valence-corrected chi connectivity index (χ1v) is 19.2. The fourth-order valence-corrected chi connectivity index (χ4v) is 8.39. The molecule has 1 nitrogen and oxygen atoms in total. The number of benzene rings is 6. The summed E-state index contributed by atoms with van der Waals surface area (Å²) in [6.07, 6.45) is 0. The van der Waals surface area contributed by atoms with Crippen molar-refractivity contribution in [1.82, 2.24) is 0 Å². The normalized spacial score (nSPS) is 12.5. The van der Waals surface area contributed by atoms with Gasteiger partial charge in [0.05, 0.1) is 10.7 Å². The Balaban J connectivity index is 1.52. The SMILES string of the molecule is CC(C)(C)c1ccc(-c2cc(-c3cccc4sc5ccccc5c34)cc(N(c3ccc(C(C)(C)C)cc3)c3ccc(C(C)(C)C)cc3)c2Cl)cc1. The van der Waals surface area contributed by atoms with Crippen molar-refractivity contribution in [1.29, 1.82) is 0 Å². The molecule has 0 saturated carbocycles. The minimum Gasteiger partial charge on any atom is -0.309 e. The van der Waals surface area contributed by atoms with Gasteiger partial charge in [-0.05, 0) is 98.2 Å². The molecule has 0 spiro atoms. The Morgan fingerprint density at radius 1 is 0.471 bits per heavy atom. The van der Waals surface area contributed by atoms with Crippen molar-refractivity contribution in [2.75, 3.05) is 4.90 Å². The lowest BCUT2D eigenvalue weighted by Gasteiger charge is -2.30. The maximum Gasteiger partial charge on any atom is 0.0725 e. The van der Waals surface area contributed by atoms with Crippen LogP contribution < -0.4 is 4.90 Å². The summed E-state index contributed by atoms with van der Waals surface area (Å²) in [6.45, 7) is 20.3. The number of hydrogen-bond donors (Lipinski definition) is 0. The van der Waals surface area contributed by atoms with Crippen molar-refractivity contribution >= 4 is 60.2 Å². The van der Waals surface area contributed by atoms with Crippen LogP contribution in [-0.4, -0.2) is 0 Å². The lowest BCUT2D eigenvalue weighted by Crippen LogP contribution is -2.15. The summed E-state index contributed by atoms with van der Waals surface area (Å²) < 4.78 is 2.58. The number of rotatable bonds is 5. The van der Waals surface area contributed by atoms with Crippen molar-refractivity contribution in [3.8, 4) is 22.3 Å². The third-order valence-corrected chi connectivity index (χ3v) is 11.6. The highest BCUT2D eigenvalue weighted by molar-refractivity contribution is 7.25. The van der Waals surface area contributed by atoms with Crippen molar-refractivity contribution in [3.05, 3.63) is 149 Å². The molecule has 7 aromatic rings. The van der Waals surface area contributed by atoms with Gasteiger partial charge in [-0.3, -0.25) is 0 Å². The summed E-state index contributed by atoms with van der Waals surface area (Å²) in [4.78, 5) is 2.34. The molecule has 258 valence electrons. The standard InChI is InChI=1S/C48H48ClNS/c1-46(2,3)33-19-17-31(18-20-33)40-29-32(38-14-12-16-43-44(38)39-13-10-11-15-42(39)51-43)30-41(45(40)49)50(36-25-21-34(22-26-36)47(4,5)6)37-27-23-35(24-28-37)48(7,8)9/h10-30H,1-9H3. The first kappa shape index (κ1) is 35.1. The van der Waals surface area contributed by atoms with Crippen LogP contribution in [0.5, 0.6) is 0 Å². The minimum atomic E-state index is 0.0453. The Labute approximate surface area is 313 Å². The van der Waals surface area contributed by atoms with Crippen molar-refractivity contribution < 1.29 is 0 Å². The number of hydrogen-bond acceptors (Lipinski definition) is 2. The minimum absolute atomic E-state index is 0.0453. The Hall–Kier alpha value is -4.37. The van der Waals surface area contributed by atoms with E-state index in [2.05, 4.69) is 195 Å². The smallest absolute Gasteiger partial charge is 0.0725 e. The van der Waals surface area contributed by atoms with Gasteiger partial charge in [0.25, 0.3) is 0 Å². The second-order valence-electron chi connectivity index (χ2n) is 16.9. The Bertz CT molecular complexity index is 2280. The zero-order valence-electron chi connectivity index (χ0n) is 31.4. The molecule has 0 radical (unpaired) electrons. The quantitative estimate of drug-likeness (QED) is 0.172. The molecule has 6 aromatic carbocycles. The van der Waals surface area contributed by atoms with E-state index in [1.165, 1.54) is 42.4 Å². The molecule has 0 aliphatic heterocycles. The molecule has 7 rings (SSSR count). The fourth-order valence-electron chi connectivity index (χ4n) is 6.95. The van der Waals surface area contributed by atoms with Gasteiger partial charge in [-0.15, -0.1) is 11.3 Å². The first-order chi connectivity index (χ1) is 24.1. The zero-order chi connectivity index (χ0) is 36.3. The third kappa shape index (κ3) is 6.85. The average Bonchev–Trinajstić information content (AvgIpc) is 3.48. The summed E-state index contributed by atoms with van der Waals surface area (Å²) in [6, 6.07) is 47.0. The highest BCUT2D eigenvalue weighted by Crippen LogP contribution is 2.48. The molecule has 0 bridgehead atoms. The van der Waals surface area contributed by atoms with Gasteiger partial charge in [0.1, 0.15) is 0 Å². The fraction of sp³-hybridized carbons (Fsp3) is 0.250. The van der Waals surface area contributed by atoms with Gasteiger partial charge >= 0.3 is 0 Å². The van der Waals surface area contributed by atoms with Crippen LogP contribution in [0.4, 0.5) is 17.1 Å². The van der Waals surface area contributed by atoms with E-state index in [9.17, 15) is 0 Å². The van der Waals surface area contributed by atoms with Crippen LogP contribution in [0.25, 0.3) is 42.4 Å². The first-order valence-electron chi connectivity index (χ1n) is 18.0. The molecule has 1 heterocycles. The van der Waals surface area contributed by atoms with Crippen LogP contribution in [0.3, 0.4) is 0 Å². The van der Waals surface area contributed by atoms with E-state index in [1.54, 1.807) is 0 Å². The number of nitrogens with zero attached hydrogens (tertiary/aromatic N) is 1. The average molecular weight is 706 g/mol. The van der Waals surface area contributed by atoms with Crippen LogP contribution in [0.2, 0.25) is 5.02 Å².